The van der Waals surface area contributed by atoms with Crippen LogP contribution in [-0.4, -0.2) is 24.7 Å². The Morgan fingerprint density at radius 1 is 0.920 bits per heavy atom. The molecule has 0 N–H and O–H groups in total. The fraction of sp³-hybridized carbons (Fsp3) is 0.0526. The Labute approximate surface area is 144 Å². The lowest BCUT2D eigenvalue weighted by Gasteiger charge is -2.08. The van der Waals surface area contributed by atoms with Crippen LogP contribution < -0.4 is 4.74 Å². The molecule has 0 aliphatic carbocycles. The maximum absolute atomic E-state index is 5.90. The van der Waals surface area contributed by atoms with E-state index in [-0.39, 0.29) is 0 Å². The second-order valence-electron chi connectivity index (χ2n) is 5.45. The van der Waals surface area contributed by atoms with Crippen molar-refractivity contribution >= 4 is 0 Å². The highest BCUT2D eigenvalue weighted by molar-refractivity contribution is 5.54. The summed E-state index contributed by atoms with van der Waals surface area (Å²) in [6.07, 6.45) is 7.07. The van der Waals surface area contributed by atoms with Crippen LogP contribution in [0.25, 0.3) is 17.1 Å². The Bertz CT molecular complexity index is 967. The fourth-order valence-electron chi connectivity index (χ4n) is 2.43. The summed E-state index contributed by atoms with van der Waals surface area (Å²) in [7, 11) is 0. The molecular formula is C19H15N5O. The van der Waals surface area contributed by atoms with Gasteiger partial charge in [0, 0.05) is 42.1 Å². The molecule has 0 saturated carbocycles. The summed E-state index contributed by atoms with van der Waals surface area (Å²) < 4.78 is 7.69. The van der Waals surface area contributed by atoms with Crippen molar-refractivity contribution in [2.45, 2.75) is 6.92 Å². The fourth-order valence-corrected chi connectivity index (χ4v) is 2.43. The van der Waals surface area contributed by atoms with Crippen LogP contribution in [0.5, 0.6) is 11.6 Å². The molecule has 0 amide bonds. The lowest BCUT2D eigenvalue weighted by atomic mass is 10.2. The molecule has 1 aromatic carbocycles. The van der Waals surface area contributed by atoms with Gasteiger partial charge >= 0.3 is 0 Å². The van der Waals surface area contributed by atoms with Crippen molar-refractivity contribution < 1.29 is 4.74 Å². The largest absolute Gasteiger partial charge is 0.439 e. The molecule has 0 aliphatic rings. The molecule has 4 rings (SSSR count). The maximum atomic E-state index is 5.90. The standard InChI is InChI=1S/C19H15N5O/c1-14-13-18(23-19(22-14)15-7-10-20-11-8-15)25-17-5-3-16(4-6-17)24-12-2-9-21-24/h2-13H,1H3. The van der Waals surface area contributed by atoms with E-state index >= 15 is 0 Å². The van der Waals surface area contributed by atoms with Crippen LogP contribution in [0.2, 0.25) is 0 Å². The third-order valence-electron chi connectivity index (χ3n) is 3.60. The number of aryl methyl sites for hydroxylation is 1. The van der Waals surface area contributed by atoms with Gasteiger partial charge in [-0.25, -0.2) is 9.67 Å². The van der Waals surface area contributed by atoms with Gasteiger partial charge in [-0.05, 0) is 49.4 Å². The Morgan fingerprint density at radius 3 is 2.44 bits per heavy atom. The van der Waals surface area contributed by atoms with Gasteiger partial charge in [-0.2, -0.15) is 10.1 Å². The van der Waals surface area contributed by atoms with Crippen molar-refractivity contribution in [2.75, 3.05) is 0 Å². The van der Waals surface area contributed by atoms with Gasteiger partial charge in [-0.1, -0.05) is 0 Å². The topological polar surface area (TPSA) is 65.7 Å². The summed E-state index contributed by atoms with van der Waals surface area (Å²) in [5, 5.41) is 4.21. The number of ether oxygens (including phenoxy) is 1. The first-order valence-electron chi connectivity index (χ1n) is 7.82. The van der Waals surface area contributed by atoms with Crippen LogP contribution in [0.1, 0.15) is 5.69 Å². The SMILES string of the molecule is Cc1cc(Oc2ccc(-n3cccn3)cc2)nc(-c2ccncc2)n1. The molecule has 0 unspecified atom stereocenters. The van der Waals surface area contributed by atoms with Crippen LogP contribution in [0.15, 0.2) is 73.3 Å². The van der Waals surface area contributed by atoms with Gasteiger partial charge in [0.15, 0.2) is 5.82 Å². The third kappa shape index (κ3) is 3.37. The van der Waals surface area contributed by atoms with Crippen LogP contribution in [0.3, 0.4) is 0 Å². The van der Waals surface area contributed by atoms with E-state index in [4.69, 9.17) is 4.74 Å². The number of aromatic nitrogens is 5. The van der Waals surface area contributed by atoms with E-state index in [0.29, 0.717) is 17.5 Å². The Hall–Kier alpha value is -3.54. The van der Waals surface area contributed by atoms with E-state index in [1.807, 2.05) is 61.7 Å². The molecule has 0 fully saturated rings. The van der Waals surface area contributed by atoms with Gasteiger partial charge in [0.2, 0.25) is 5.88 Å². The number of nitrogens with zero attached hydrogens (tertiary/aromatic N) is 5. The molecule has 6 nitrogen and oxygen atoms in total. The summed E-state index contributed by atoms with van der Waals surface area (Å²) in [5.41, 5.74) is 2.70. The van der Waals surface area contributed by atoms with Crippen molar-refractivity contribution in [3.05, 3.63) is 79.0 Å². The minimum atomic E-state index is 0.506. The molecule has 0 bridgehead atoms. The second kappa shape index (κ2) is 6.52. The lowest BCUT2D eigenvalue weighted by molar-refractivity contribution is 0.461. The predicted octanol–water partition coefficient (Wildman–Crippen LogP) is 3.83. The summed E-state index contributed by atoms with van der Waals surface area (Å²) >= 11 is 0. The molecule has 0 radical (unpaired) electrons. The van der Waals surface area contributed by atoms with Gasteiger partial charge in [-0.3, -0.25) is 4.98 Å². The Morgan fingerprint density at radius 2 is 1.72 bits per heavy atom. The predicted molar refractivity (Wildman–Crippen MR) is 93.6 cm³/mol. The average Bonchev–Trinajstić information content (AvgIpc) is 3.17. The first kappa shape index (κ1) is 15.0. The van der Waals surface area contributed by atoms with E-state index in [2.05, 4.69) is 20.1 Å². The second-order valence-corrected chi connectivity index (χ2v) is 5.45. The number of rotatable bonds is 4. The molecule has 6 heteroatoms. The van der Waals surface area contributed by atoms with Gasteiger partial charge in [-0.15, -0.1) is 0 Å². The Balaban J connectivity index is 1.59. The minimum Gasteiger partial charge on any atom is -0.439 e. The number of hydrogen-bond acceptors (Lipinski definition) is 5. The summed E-state index contributed by atoms with van der Waals surface area (Å²) in [6.45, 7) is 1.92. The van der Waals surface area contributed by atoms with Gasteiger partial charge in [0.05, 0.1) is 5.69 Å². The molecule has 0 saturated heterocycles. The van der Waals surface area contributed by atoms with E-state index in [9.17, 15) is 0 Å². The number of hydrogen-bond donors (Lipinski definition) is 0. The molecule has 3 heterocycles. The summed E-state index contributed by atoms with van der Waals surface area (Å²) in [5.74, 6) is 1.83. The quantitative estimate of drug-likeness (QED) is 0.569. The first-order chi connectivity index (χ1) is 12.3. The smallest absolute Gasteiger partial charge is 0.223 e. The van der Waals surface area contributed by atoms with Crippen molar-refractivity contribution in [2.24, 2.45) is 0 Å². The van der Waals surface area contributed by atoms with Crippen molar-refractivity contribution in [3.63, 3.8) is 0 Å². The van der Waals surface area contributed by atoms with Crippen LogP contribution in [-0.2, 0) is 0 Å². The van der Waals surface area contributed by atoms with Crippen LogP contribution >= 0.6 is 0 Å². The third-order valence-corrected chi connectivity index (χ3v) is 3.60. The molecule has 122 valence electrons. The van der Waals surface area contributed by atoms with E-state index in [1.165, 1.54) is 0 Å². The van der Waals surface area contributed by atoms with Crippen LogP contribution in [0.4, 0.5) is 0 Å². The zero-order valence-corrected chi connectivity index (χ0v) is 13.6. The summed E-state index contributed by atoms with van der Waals surface area (Å²) in [6, 6.07) is 15.1. The summed E-state index contributed by atoms with van der Waals surface area (Å²) in [4.78, 5) is 13.0. The van der Waals surface area contributed by atoms with E-state index < -0.39 is 0 Å². The zero-order chi connectivity index (χ0) is 17.1. The molecule has 25 heavy (non-hydrogen) atoms. The van der Waals surface area contributed by atoms with Crippen molar-refractivity contribution in [1.29, 1.82) is 0 Å². The maximum Gasteiger partial charge on any atom is 0.223 e. The van der Waals surface area contributed by atoms with Crippen LogP contribution in [0, 0.1) is 6.92 Å². The normalized spacial score (nSPS) is 10.6. The lowest BCUT2D eigenvalue weighted by Crippen LogP contribution is -1.97. The molecule has 4 aromatic rings. The highest BCUT2D eigenvalue weighted by Crippen LogP contribution is 2.24. The molecular weight excluding hydrogens is 314 g/mol. The van der Waals surface area contributed by atoms with E-state index in [0.717, 1.165) is 16.9 Å². The van der Waals surface area contributed by atoms with Gasteiger partial charge in [0.1, 0.15) is 5.75 Å². The monoisotopic (exact) mass is 329 g/mol. The molecule has 0 atom stereocenters. The highest BCUT2D eigenvalue weighted by Gasteiger charge is 2.07. The Kier molecular flexibility index (Phi) is 3.92. The number of pyridine rings is 1. The van der Waals surface area contributed by atoms with Gasteiger partial charge in [0.25, 0.3) is 0 Å². The molecule has 3 aromatic heterocycles. The molecule has 0 spiro atoms. The first-order valence-corrected chi connectivity index (χ1v) is 7.82. The van der Waals surface area contributed by atoms with E-state index in [1.54, 1.807) is 23.3 Å². The minimum absolute atomic E-state index is 0.506. The zero-order valence-electron chi connectivity index (χ0n) is 13.6. The van der Waals surface area contributed by atoms with Crippen molar-refractivity contribution in [3.8, 4) is 28.7 Å². The highest BCUT2D eigenvalue weighted by atomic mass is 16.5. The van der Waals surface area contributed by atoms with Gasteiger partial charge < -0.3 is 4.74 Å². The van der Waals surface area contributed by atoms with Crippen molar-refractivity contribution in [1.82, 2.24) is 24.7 Å². The average molecular weight is 329 g/mol. The molecule has 0 aliphatic heterocycles. The number of benzene rings is 1.